The molecule has 1 aliphatic rings. The molecule has 3 rings (SSSR count). The molecule has 1 unspecified atom stereocenters. The van der Waals surface area contributed by atoms with Gasteiger partial charge in [0, 0.05) is 37.8 Å². The van der Waals surface area contributed by atoms with Crippen molar-refractivity contribution in [3.05, 3.63) is 70.3 Å². The number of likely N-dealkylation sites (N-methyl/N-ethyl adjacent to an activating group) is 1. The van der Waals surface area contributed by atoms with Crippen LogP contribution in [-0.2, 0) is 19.6 Å². The SMILES string of the molecule is CN(C)CCN1C(=O)C(=O)/C(=C(/O)c2ccc(S(=O)(=O)N(C)C)cc2)C1c1ccc(Cl)cc1. The van der Waals surface area contributed by atoms with Crippen molar-refractivity contribution in [2.24, 2.45) is 0 Å². The maximum Gasteiger partial charge on any atom is 0.295 e. The third kappa shape index (κ3) is 4.96. The van der Waals surface area contributed by atoms with E-state index in [0.717, 1.165) is 4.31 Å². The van der Waals surface area contributed by atoms with Crippen LogP contribution in [0.5, 0.6) is 0 Å². The Kier molecular flexibility index (Phi) is 7.28. The predicted octanol–water partition coefficient (Wildman–Crippen LogP) is 2.57. The quantitative estimate of drug-likeness (QED) is 0.363. The van der Waals surface area contributed by atoms with Crippen molar-refractivity contribution in [3.63, 3.8) is 0 Å². The number of carbonyl (C=O) groups is 2. The van der Waals surface area contributed by atoms with Crippen LogP contribution in [0, 0.1) is 0 Å². The van der Waals surface area contributed by atoms with Gasteiger partial charge in [0.25, 0.3) is 11.7 Å². The molecule has 2 aromatic carbocycles. The van der Waals surface area contributed by atoms with E-state index in [0.29, 0.717) is 17.1 Å². The largest absolute Gasteiger partial charge is 0.507 e. The Hall–Kier alpha value is -2.72. The molecule has 33 heavy (non-hydrogen) atoms. The van der Waals surface area contributed by atoms with Gasteiger partial charge in [-0.1, -0.05) is 23.7 Å². The van der Waals surface area contributed by atoms with Crippen LogP contribution in [0.4, 0.5) is 0 Å². The van der Waals surface area contributed by atoms with Gasteiger partial charge in [-0.05, 0) is 56.1 Å². The van der Waals surface area contributed by atoms with Crippen LogP contribution >= 0.6 is 11.6 Å². The predicted molar refractivity (Wildman–Crippen MR) is 126 cm³/mol. The fourth-order valence-corrected chi connectivity index (χ4v) is 4.59. The van der Waals surface area contributed by atoms with Gasteiger partial charge in [0.2, 0.25) is 10.0 Å². The molecule has 176 valence electrons. The normalized spacial score (nSPS) is 18.5. The number of aliphatic hydroxyl groups excluding tert-OH is 1. The highest BCUT2D eigenvalue weighted by molar-refractivity contribution is 7.89. The number of amides is 1. The first-order valence-corrected chi connectivity index (χ1v) is 12.0. The minimum Gasteiger partial charge on any atom is -0.507 e. The Labute approximate surface area is 198 Å². The van der Waals surface area contributed by atoms with E-state index in [4.69, 9.17) is 11.6 Å². The van der Waals surface area contributed by atoms with Gasteiger partial charge < -0.3 is 14.9 Å². The second kappa shape index (κ2) is 9.64. The Morgan fingerprint density at radius 3 is 2.09 bits per heavy atom. The lowest BCUT2D eigenvalue weighted by Crippen LogP contribution is -2.35. The number of halogens is 1. The first kappa shape index (κ1) is 24.9. The van der Waals surface area contributed by atoms with Crippen molar-refractivity contribution in [2.75, 3.05) is 41.3 Å². The fourth-order valence-electron chi connectivity index (χ4n) is 3.56. The first-order chi connectivity index (χ1) is 15.4. The van der Waals surface area contributed by atoms with Crippen LogP contribution < -0.4 is 0 Å². The zero-order valence-electron chi connectivity index (χ0n) is 18.8. The number of hydrogen-bond donors (Lipinski definition) is 1. The molecule has 1 heterocycles. The average Bonchev–Trinajstić information content (AvgIpc) is 3.02. The van der Waals surface area contributed by atoms with Gasteiger partial charge in [-0.3, -0.25) is 9.59 Å². The van der Waals surface area contributed by atoms with Crippen LogP contribution in [0.2, 0.25) is 5.02 Å². The summed E-state index contributed by atoms with van der Waals surface area (Å²) in [5.41, 5.74) is 0.812. The Morgan fingerprint density at radius 2 is 1.58 bits per heavy atom. The number of rotatable bonds is 7. The second-order valence-electron chi connectivity index (χ2n) is 8.16. The topological polar surface area (TPSA) is 98.2 Å². The molecule has 2 aromatic rings. The highest BCUT2D eigenvalue weighted by atomic mass is 35.5. The molecule has 0 radical (unpaired) electrons. The molecular formula is C23H26ClN3O5S. The van der Waals surface area contributed by atoms with Crippen molar-refractivity contribution >= 4 is 39.1 Å². The minimum absolute atomic E-state index is 0.0461. The maximum atomic E-state index is 13.0. The fraction of sp³-hybridized carbons (Fsp3) is 0.304. The number of aliphatic hydroxyl groups is 1. The number of sulfonamides is 1. The van der Waals surface area contributed by atoms with Crippen molar-refractivity contribution in [1.82, 2.24) is 14.1 Å². The van der Waals surface area contributed by atoms with Gasteiger partial charge in [-0.2, -0.15) is 0 Å². The molecule has 0 aromatic heterocycles. The number of likely N-dealkylation sites (tertiary alicyclic amines) is 1. The summed E-state index contributed by atoms with van der Waals surface area (Å²) in [7, 11) is 2.91. The molecule has 0 aliphatic carbocycles. The van der Waals surface area contributed by atoms with E-state index in [1.54, 1.807) is 24.3 Å². The van der Waals surface area contributed by atoms with Crippen LogP contribution in [0.15, 0.2) is 59.0 Å². The molecule has 0 saturated carbocycles. The van der Waals surface area contributed by atoms with Gasteiger partial charge in [0.05, 0.1) is 16.5 Å². The summed E-state index contributed by atoms with van der Waals surface area (Å²) in [5.74, 6) is -1.86. The molecule has 1 atom stereocenters. The van der Waals surface area contributed by atoms with Gasteiger partial charge in [0.15, 0.2) is 0 Å². The summed E-state index contributed by atoms with van der Waals surface area (Å²) in [5, 5.41) is 11.6. The van der Waals surface area contributed by atoms with E-state index < -0.39 is 27.8 Å². The molecule has 8 nitrogen and oxygen atoms in total. The lowest BCUT2D eigenvalue weighted by Gasteiger charge is -2.26. The third-order valence-electron chi connectivity index (χ3n) is 5.42. The molecular weight excluding hydrogens is 466 g/mol. The van der Waals surface area contributed by atoms with Crippen LogP contribution in [0.1, 0.15) is 17.2 Å². The second-order valence-corrected chi connectivity index (χ2v) is 10.7. The summed E-state index contributed by atoms with van der Waals surface area (Å²) in [6.07, 6.45) is 0. The summed E-state index contributed by atoms with van der Waals surface area (Å²) >= 11 is 6.02. The highest BCUT2D eigenvalue weighted by Gasteiger charge is 2.45. The van der Waals surface area contributed by atoms with Crippen LogP contribution in [-0.4, -0.2) is 80.6 Å². The number of nitrogens with zero attached hydrogens (tertiary/aromatic N) is 3. The Morgan fingerprint density at radius 1 is 1.00 bits per heavy atom. The van der Waals surface area contributed by atoms with Crippen molar-refractivity contribution in [2.45, 2.75) is 10.9 Å². The maximum absolute atomic E-state index is 13.0. The van der Waals surface area contributed by atoms with E-state index in [-0.39, 0.29) is 28.3 Å². The van der Waals surface area contributed by atoms with E-state index in [9.17, 15) is 23.1 Å². The van der Waals surface area contributed by atoms with Crippen molar-refractivity contribution in [3.8, 4) is 0 Å². The molecule has 10 heteroatoms. The summed E-state index contributed by atoms with van der Waals surface area (Å²) in [6.45, 7) is 0.801. The summed E-state index contributed by atoms with van der Waals surface area (Å²) in [6, 6.07) is 11.5. The van der Waals surface area contributed by atoms with Gasteiger partial charge in [0.1, 0.15) is 5.76 Å². The average molecular weight is 492 g/mol. The van der Waals surface area contributed by atoms with E-state index in [2.05, 4.69) is 0 Å². The zero-order valence-corrected chi connectivity index (χ0v) is 20.4. The molecule has 1 saturated heterocycles. The highest BCUT2D eigenvalue weighted by Crippen LogP contribution is 2.39. The van der Waals surface area contributed by atoms with E-state index >= 15 is 0 Å². The minimum atomic E-state index is -3.65. The van der Waals surface area contributed by atoms with E-state index in [1.807, 2.05) is 19.0 Å². The van der Waals surface area contributed by atoms with Gasteiger partial charge in [-0.25, -0.2) is 12.7 Å². The molecule has 0 spiro atoms. The van der Waals surface area contributed by atoms with Crippen molar-refractivity contribution in [1.29, 1.82) is 0 Å². The number of benzene rings is 2. The monoisotopic (exact) mass is 491 g/mol. The molecule has 0 bridgehead atoms. The molecule has 1 amide bonds. The standard InChI is InChI=1S/C23H26ClN3O5S/c1-25(2)13-14-27-20(15-5-9-17(24)10-6-15)19(22(29)23(27)30)21(28)16-7-11-18(12-8-16)33(31,32)26(3)4/h5-12,20,28H,13-14H2,1-4H3/b21-19+. The third-order valence-corrected chi connectivity index (χ3v) is 7.50. The number of hydrogen-bond acceptors (Lipinski definition) is 6. The molecule has 1 aliphatic heterocycles. The number of carbonyl (C=O) groups excluding carboxylic acids is 2. The Bertz CT molecular complexity index is 1190. The lowest BCUT2D eigenvalue weighted by molar-refractivity contribution is -0.140. The zero-order chi connectivity index (χ0) is 24.5. The first-order valence-electron chi connectivity index (χ1n) is 10.2. The number of ketones is 1. The summed E-state index contributed by atoms with van der Waals surface area (Å²) in [4.78, 5) is 29.2. The summed E-state index contributed by atoms with van der Waals surface area (Å²) < 4.78 is 25.7. The van der Waals surface area contributed by atoms with Gasteiger partial charge >= 0.3 is 0 Å². The lowest BCUT2D eigenvalue weighted by atomic mass is 9.95. The van der Waals surface area contributed by atoms with Crippen molar-refractivity contribution < 1.29 is 23.1 Å². The molecule has 1 N–H and O–H groups in total. The molecule has 1 fully saturated rings. The van der Waals surface area contributed by atoms with Crippen LogP contribution in [0.3, 0.4) is 0 Å². The van der Waals surface area contributed by atoms with E-state index in [1.165, 1.54) is 43.3 Å². The van der Waals surface area contributed by atoms with Gasteiger partial charge in [-0.15, -0.1) is 0 Å². The number of Topliss-reactive ketones (excluding diaryl/α,β-unsaturated/α-hetero) is 1. The Balaban J connectivity index is 2.11. The smallest absolute Gasteiger partial charge is 0.295 e. The van der Waals surface area contributed by atoms with Crippen LogP contribution in [0.25, 0.3) is 5.76 Å².